The minimum atomic E-state index is -0.104. The Kier molecular flexibility index (Phi) is 2.94. The first-order valence-corrected chi connectivity index (χ1v) is 5.28. The fourth-order valence-corrected chi connectivity index (χ4v) is 1.73. The highest BCUT2D eigenvalue weighted by atomic mass is 35.5. The van der Waals surface area contributed by atoms with Crippen molar-refractivity contribution < 1.29 is 5.11 Å². The predicted molar refractivity (Wildman–Crippen MR) is 61.8 cm³/mol. The number of rotatable bonds is 2. The van der Waals surface area contributed by atoms with Crippen molar-refractivity contribution in [2.75, 3.05) is 0 Å². The van der Waals surface area contributed by atoms with E-state index < -0.39 is 0 Å². The zero-order valence-corrected chi connectivity index (χ0v) is 9.86. The lowest BCUT2D eigenvalue weighted by molar-refractivity contribution is 0.281. The Bertz CT molecular complexity index is 522. The highest BCUT2D eigenvalue weighted by Crippen LogP contribution is 2.18. The fourth-order valence-electron chi connectivity index (χ4n) is 1.57. The van der Waals surface area contributed by atoms with Crippen LogP contribution < -0.4 is 0 Å². The van der Waals surface area contributed by atoms with Gasteiger partial charge in [-0.3, -0.25) is 0 Å². The lowest BCUT2D eigenvalue weighted by atomic mass is 10.3. The molecule has 0 aliphatic heterocycles. The van der Waals surface area contributed by atoms with Crippen LogP contribution in [0.2, 0.25) is 5.02 Å². The van der Waals surface area contributed by atoms with Gasteiger partial charge in [-0.05, 0) is 26.0 Å². The Morgan fingerprint density at radius 3 is 2.69 bits per heavy atom. The van der Waals surface area contributed by atoms with Gasteiger partial charge in [-0.1, -0.05) is 11.6 Å². The normalized spacial score (nSPS) is 10.8. The van der Waals surface area contributed by atoms with Crippen molar-refractivity contribution in [3.63, 3.8) is 0 Å². The van der Waals surface area contributed by atoms with Gasteiger partial charge in [0.05, 0.1) is 17.3 Å². The molecule has 16 heavy (non-hydrogen) atoms. The van der Waals surface area contributed by atoms with E-state index in [4.69, 9.17) is 16.7 Å². The zero-order valence-electron chi connectivity index (χ0n) is 9.11. The largest absolute Gasteiger partial charge is 0.392 e. The van der Waals surface area contributed by atoms with Crippen LogP contribution in [0.1, 0.15) is 17.0 Å². The molecule has 0 bridgehead atoms. The summed E-state index contributed by atoms with van der Waals surface area (Å²) in [6, 6.07) is 3.71. The van der Waals surface area contributed by atoms with Crippen molar-refractivity contribution in [2.24, 2.45) is 0 Å². The molecule has 0 aliphatic rings. The molecule has 2 aromatic heterocycles. The Labute approximate surface area is 98.5 Å². The van der Waals surface area contributed by atoms with Gasteiger partial charge in [0, 0.05) is 17.5 Å². The first-order valence-electron chi connectivity index (χ1n) is 4.90. The number of nitrogens with zero attached hydrogens (tertiary/aromatic N) is 3. The Morgan fingerprint density at radius 2 is 2.12 bits per heavy atom. The van der Waals surface area contributed by atoms with E-state index in [0.717, 1.165) is 11.4 Å². The number of aliphatic hydroxyl groups is 1. The van der Waals surface area contributed by atoms with Crippen molar-refractivity contribution >= 4 is 11.6 Å². The van der Waals surface area contributed by atoms with E-state index in [1.807, 2.05) is 19.9 Å². The van der Waals surface area contributed by atoms with E-state index in [2.05, 4.69) is 10.1 Å². The number of halogens is 1. The van der Waals surface area contributed by atoms with Gasteiger partial charge < -0.3 is 5.11 Å². The van der Waals surface area contributed by atoms with Gasteiger partial charge in [0.25, 0.3) is 0 Å². The van der Waals surface area contributed by atoms with Crippen molar-refractivity contribution in [3.05, 3.63) is 40.3 Å². The van der Waals surface area contributed by atoms with Crippen LogP contribution in [0.3, 0.4) is 0 Å². The van der Waals surface area contributed by atoms with Crippen molar-refractivity contribution in [3.8, 4) is 5.82 Å². The quantitative estimate of drug-likeness (QED) is 0.870. The molecule has 0 aliphatic carbocycles. The van der Waals surface area contributed by atoms with Gasteiger partial charge in [-0.2, -0.15) is 5.10 Å². The molecule has 0 atom stereocenters. The van der Waals surface area contributed by atoms with Crippen LogP contribution in [0.25, 0.3) is 5.82 Å². The number of pyridine rings is 1. The monoisotopic (exact) mass is 237 g/mol. The topological polar surface area (TPSA) is 50.9 Å². The summed E-state index contributed by atoms with van der Waals surface area (Å²) in [6.45, 7) is 3.77. The number of aryl methyl sites for hydroxylation is 2. The summed E-state index contributed by atoms with van der Waals surface area (Å²) in [5.74, 6) is 0.666. The third-order valence-corrected chi connectivity index (χ3v) is 2.66. The van der Waals surface area contributed by atoms with Crippen LogP contribution in [0.5, 0.6) is 0 Å². The van der Waals surface area contributed by atoms with E-state index in [1.54, 1.807) is 10.7 Å². The summed E-state index contributed by atoms with van der Waals surface area (Å²) in [6.07, 6.45) is 1.53. The van der Waals surface area contributed by atoms with E-state index in [-0.39, 0.29) is 6.61 Å². The van der Waals surface area contributed by atoms with Crippen molar-refractivity contribution in [1.82, 2.24) is 14.8 Å². The molecule has 4 nitrogen and oxygen atoms in total. The summed E-state index contributed by atoms with van der Waals surface area (Å²) in [5.41, 5.74) is 2.58. The Balaban J connectivity index is 2.52. The van der Waals surface area contributed by atoms with Crippen LogP contribution in [-0.2, 0) is 6.61 Å². The molecule has 0 saturated heterocycles. The number of hydrogen-bond donors (Lipinski definition) is 1. The second kappa shape index (κ2) is 4.23. The van der Waals surface area contributed by atoms with E-state index in [9.17, 15) is 0 Å². The number of aliphatic hydroxyl groups excluding tert-OH is 1. The molecule has 0 fully saturated rings. The number of hydrogen-bond acceptors (Lipinski definition) is 3. The highest BCUT2D eigenvalue weighted by molar-refractivity contribution is 6.31. The minimum Gasteiger partial charge on any atom is -0.392 e. The van der Waals surface area contributed by atoms with E-state index in [0.29, 0.717) is 16.4 Å². The maximum Gasteiger partial charge on any atom is 0.154 e. The van der Waals surface area contributed by atoms with Gasteiger partial charge in [0.2, 0.25) is 0 Å². The summed E-state index contributed by atoms with van der Waals surface area (Å²) in [7, 11) is 0. The first-order chi connectivity index (χ1) is 7.61. The smallest absolute Gasteiger partial charge is 0.154 e. The Hall–Kier alpha value is -1.39. The molecule has 0 spiro atoms. The molecule has 0 unspecified atom stereocenters. The lowest BCUT2D eigenvalue weighted by Gasteiger charge is -2.06. The lowest BCUT2D eigenvalue weighted by Crippen LogP contribution is -2.03. The van der Waals surface area contributed by atoms with Crippen molar-refractivity contribution in [2.45, 2.75) is 20.5 Å². The van der Waals surface area contributed by atoms with Gasteiger partial charge in [-0.15, -0.1) is 0 Å². The third-order valence-electron chi connectivity index (χ3n) is 2.32. The Morgan fingerprint density at radius 1 is 1.38 bits per heavy atom. The molecular weight excluding hydrogens is 226 g/mol. The van der Waals surface area contributed by atoms with Crippen LogP contribution in [0, 0.1) is 13.8 Å². The van der Waals surface area contributed by atoms with E-state index in [1.165, 1.54) is 6.20 Å². The average Bonchev–Trinajstić information content (AvgIpc) is 2.59. The van der Waals surface area contributed by atoms with Crippen LogP contribution in [0.4, 0.5) is 0 Å². The van der Waals surface area contributed by atoms with Gasteiger partial charge >= 0.3 is 0 Å². The molecule has 5 heteroatoms. The SMILES string of the molecule is Cc1cc(C)n(-c2cc(CO)c(Cl)cn2)n1. The van der Waals surface area contributed by atoms with Crippen molar-refractivity contribution in [1.29, 1.82) is 0 Å². The third kappa shape index (κ3) is 1.94. The average molecular weight is 238 g/mol. The standard InChI is InChI=1S/C11H12ClN3O/c1-7-3-8(2)15(14-7)11-4-9(6-16)10(12)5-13-11/h3-5,16H,6H2,1-2H3. The van der Waals surface area contributed by atoms with Gasteiger partial charge in [-0.25, -0.2) is 9.67 Å². The molecule has 84 valence electrons. The molecule has 2 aromatic rings. The number of aromatic nitrogens is 3. The summed E-state index contributed by atoms with van der Waals surface area (Å²) in [5, 5.41) is 13.9. The highest BCUT2D eigenvalue weighted by Gasteiger charge is 2.07. The van der Waals surface area contributed by atoms with Crippen LogP contribution in [-0.4, -0.2) is 19.9 Å². The zero-order chi connectivity index (χ0) is 11.7. The van der Waals surface area contributed by atoms with E-state index >= 15 is 0 Å². The first kappa shape index (κ1) is 11.1. The molecule has 0 amide bonds. The fraction of sp³-hybridized carbons (Fsp3) is 0.273. The predicted octanol–water partition coefficient (Wildman–Crippen LogP) is 2.03. The second-order valence-electron chi connectivity index (χ2n) is 3.63. The minimum absolute atomic E-state index is 0.104. The molecule has 0 aromatic carbocycles. The maximum absolute atomic E-state index is 9.12. The summed E-state index contributed by atoms with van der Waals surface area (Å²) < 4.78 is 1.73. The summed E-state index contributed by atoms with van der Waals surface area (Å²) >= 11 is 5.88. The van der Waals surface area contributed by atoms with Crippen LogP contribution >= 0.6 is 11.6 Å². The molecule has 2 heterocycles. The molecule has 0 saturated carbocycles. The second-order valence-corrected chi connectivity index (χ2v) is 4.04. The summed E-state index contributed by atoms with van der Waals surface area (Å²) in [4.78, 5) is 4.19. The molecule has 1 N–H and O–H groups in total. The molecular formula is C11H12ClN3O. The molecule has 2 rings (SSSR count). The molecule has 0 radical (unpaired) electrons. The van der Waals surface area contributed by atoms with Gasteiger partial charge in [0.15, 0.2) is 5.82 Å². The van der Waals surface area contributed by atoms with Gasteiger partial charge in [0.1, 0.15) is 0 Å². The van der Waals surface area contributed by atoms with Crippen LogP contribution in [0.15, 0.2) is 18.3 Å². The maximum atomic E-state index is 9.12.